The van der Waals surface area contributed by atoms with E-state index in [9.17, 15) is 0 Å². The molecule has 0 unspecified atom stereocenters. The van der Waals surface area contributed by atoms with E-state index < -0.39 is 0 Å². The molecule has 5 nitrogen and oxygen atoms in total. The zero-order valence-corrected chi connectivity index (χ0v) is 12.7. The second-order valence-electron chi connectivity index (χ2n) is 5.44. The van der Waals surface area contributed by atoms with Gasteiger partial charge in [0, 0.05) is 51.2 Å². The van der Waals surface area contributed by atoms with Crippen molar-refractivity contribution >= 4 is 5.82 Å². The number of aryl methyl sites for hydroxylation is 1. The Bertz CT molecular complexity index is 529. The van der Waals surface area contributed by atoms with E-state index in [0.717, 1.165) is 18.9 Å². The van der Waals surface area contributed by atoms with Gasteiger partial charge in [-0.05, 0) is 11.6 Å². The van der Waals surface area contributed by atoms with Crippen LogP contribution in [-0.2, 0) is 20.1 Å². The topological polar surface area (TPSA) is 46.0 Å². The lowest BCUT2D eigenvalue weighted by atomic mass is 10.2. The smallest absolute Gasteiger partial charge is 0.128 e. The van der Waals surface area contributed by atoms with Crippen molar-refractivity contribution in [3.05, 3.63) is 41.9 Å². The third-order valence-electron chi connectivity index (χ3n) is 3.09. The molecule has 1 N–H and O–H groups in total. The van der Waals surface area contributed by atoms with Crippen molar-refractivity contribution in [2.24, 2.45) is 7.05 Å². The highest BCUT2D eigenvalue weighted by molar-refractivity contribution is 5.39. The molecule has 2 aromatic rings. The molecule has 2 rings (SSSR count). The van der Waals surface area contributed by atoms with Crippen LogP contribution in [0.2, 0.25) is 0 Å². The Morgan fingerprint density at radius 3 is 2.60 bits per heavy atom. The normalized spacial score (nSPS) is 11.1. The Morgan fingerprint density at radius 2 is 2.05 bits per heavy atom. The highest BCUT2D eigenvalue weighted by atomic mass is 15.2. The Morgan fingerprint density at radius 1 is 1.25 bits per heavy atom. The van der Waals surface area contributed by atoms with Gasteiger partial charge in [-0.15, -0.1) is 0 Å². The summed E-state index contributed by atoms with van der Waals surface area (Å²) in [5.41, 5.74) is 2.39. The second-order valence-corrected chi connectivity index (χ2v) is 5.44. The minimum absolute atomic E-state index is 0.489. The first-order valence-electron chi connectivity index (χ1n) is 6.91. The van der Waals surface area contributed by atoms with Crippen molar-refractivity contribution in [1.29, 1.82) is 0 Å². The van der Waals surface area contributed by atoms with Crippen LogP contribution in [0.1, 0.15) is 25.0 Å². The van der Waals surface area contributed by atoms with Crippen LogP contribution in [0.4, 0.5) is 5.82 Å². The lowest BCUT2D eigenvalue weighted by Gasteiger charge is -2.17. The predicted molar refractivity (Wildman–Crippen MR) is 81.5 cm³/mol. The molecular weight excluding hydrogens is 250 g/mol. The molecule has 0 atom stereocenters. The number of hydrogen-bond donors (Lipinski definition) is 1. The average molecular weight is 273 g/mol. The summed E-state index contributed by atoms with van der Waals surface area (Å²) in [6.45, 7) is 5.95. The summed E-state index contributed by atoms with van der Waals surface area (Å²) in [4.78, 5) is 6.64. The molecule has 0 spiro atoms. The summed E-state index contributed by atoms with van der Waals surface area (Å²) in [5.74, 6) is 0.974. The Kier molecular flexibility index (Phi) is 4.74. The first-order chi connectivity index (χ1) is 9.54. The summed E-state index contributed by atoms with van der Waals surface area (Å²) in [7, 11) is 3.97. The van der Waals surface area contributed by atoms with Crippen molar-refractivity contribution in [3.63, 3.8) is 0 Å². The van der Waals surface area contributed by atoms with Crippen LogP contribution in [0.3, 0.4) is 0 Å². The maximum atomic E-state index is 4.52. The molecule has 0 radical (unpaired) electrons. The van der Waals surface area contributed by atoms with Crippen LogP contribution < -0.4 is 10.2 Å². The first kappa shape index (κ1) is 14.5. The number of nitrogens with zero attached hydrogens (tertiary/aromatic N) is 4. The molecule has 0 aliphatic carbocycles. The number of pyridine rings is 1. The third-order valence-corrected chi connectivity index (χ3v) is 3.09. The van der Waals surface area contributed by atoms with Gasteiger partial charge < -0.3 is 10.2 Å². The molecule has 0 fully saturated rings. The Labute approximate surface area is 120 Å². The van der Waals surface area contributed by atoms with Crippen molar-refractivity contribution in [2.75, 3.05) is 11.9 Å². The summed E-state index contributed by atoms with van der Waals surface area (Å²) in [5, 5.41) is 7.57. The van der Waals surface area contributed by atoms with Crippen molar-refractivity contribution in [1.82, 2.24) is 20.1 Å². The minimum Gasteiger partial charge on any atom is -0.355 e. The molecule has 0 saturated heterocycles. The Balaban J connectivity index is 1.94. The SMILES string of the molecule is CC(C)NCc1ccc(N(C)Cc2cnn(C)c2)nc1. The van der Waals surface area contributed by atoms with Crippen molar-refractivity contribution in [3.8, 4) is 0 Å². The van der Waals surface area contributed by atoms with Gasteiger partial charge in [0.05, 0.1) is 6.20 Å². The number of aromatic nitrogens is 3. The molecule has 2 heterocycles. The van der Waals surface area contributed by atoms with E-state index in [1.807, 2.05) is 37.4 Å². The van der Waals surface area contributed by atoms with E-state index >= 15 is 0 Å². The highest BCUT2D eigenvalue weighted by Crippen LogP contribution is 2.12. The molecule has 0 amide bonds. The second kappa shape index (κ2) is 6.52. The Hall–Kier alpha value is -1.88. The minimum atomic E-state index is 0.489. The molecule has 108 valence electrons. The van der Waals surface area contributed by atoms with Gasteiger partial charge >= 0.3 is 0 Å². The molecule has 0 aromatic carbocycles. The number of anilines is 1. The quantitative estimate of drug-likeness (QED) is 0.874. The lowest BCUT2D eigenvalue weighted by Crippen LogP contribution is -2.22. The molecule has 0 aliphatic rings. The van der Waals surface area contributed by atoms with Crippen LogP contribution in [0.5, 0.6) is 0 Å². The van der Waals surface area contributed by atoms with E-state index in [1.54, 1.807) is 0 Å². The predicted octanol–water partition coefficient (Wildman–Crippen LogP) is 1.95. The number of rotatable bonds is 6. The zero-order chi connectivity index (χ0) is 14.5. The fourth-order valence-corrected chi connectivity index (χ4v) is 1.98. The van der Waals surface area contributed by atoms with Crippen molar-refractivity contribution in [2.45, 2.75) is 33.0 Å². The first-order valence-corrected chi connectivity index (χ1v) is 6.91. The lowest BCUT2D eigenvalue weighted by molar-refractivity contribution is 0.588. The number of nitrogens with one attached hydrogen (secondary N) is 1. The van der Waals surface area contributed by atoms with Gasteiger partial charge in [0.15, 0.2) is 0 Å². The molecule has 0 bridgehead atoms. The molecule has 2 aromatic heterocycles. The van der Waals surface area contributed by atoms with Gasteiger partial charge in [-0.25, -0.2) is 4.98 Å². The third kappa shape index (κ3) is 4.06. The zero-order valence-electron chi connectivity index (χ0n) is 12.7. The van der Waals surface area contributed by atoms with Crippen molar-refractivity contribution < 1.29 is 0 Å². The van der Waals surface area contributed by atoms with Crippen LogP contribution in [0.15, 0.2) is 30.7 Å². The fraction of sp³-hybridized carbons (Fsp3) is 0.467. The standard InChI is InChI=1S/C15H23N5/c1-12(2)16-7-13-5-6-15(17-8-13)19(3)10-14-9-18-20(4)11-14/h5-6,8-9,11-12,16H,7,10H2,1-4H3. The molecular formula is C15H23N5. The van der Waals surface area contributed by atoms with Gasteiger partial charge in [-0.1, -0.05) is 19.9 Å². The van der Waals surface area contributed by atoms with Gasteiger partial charge in [0.1, 0.15) is 5.82 Å². The molecule has 0 saturated carbocycles. The van der Waals surface area contributed by atoms with Crippen LogP contribution in [0.25, 0.3) is 0 Å². The van der Waals surface area contributed by atoms with Gasteiger partial charge in [0.25, 0.3) is 0 Å². The molecule has 5 heteroatoms. The largest absolute Gasteiger partial charge is 0.355 e. The summed E-state index contributed by atoms with van der Waals surface area (Å²) in [6, 6.07) is 4.67. The van der Waals surface area contributed by atoms with E-state index in [4.69, 9.17) is 0 Å². The summed E-state index contributed by atoms with van der Waals surface area (Å²) < 4.78 is 1.82. The highest BCUT2D eigenvalue weighted by Gasteiger charge is 2.05. The molecule has 20 heavy (non-hydrogen) atoms. The van der Waals surface area contributed by atoms with E-state index in [2.05, 4.69) is 46.3 Å². The van der Waals surface area contributed by atoms with Crippen LogP contribution in [-0.4, -0.2) is 27.9 Å². The molecule has 0 aliphatic heterocycles. The van der Waals surface area contributed by atoms with Gasteiger partial charge in [-0.2, -0.15) is 5.10 Å². The number of hydrogen-bond acceptors (Lipinski definition) is 4. The van der Waals surface area contributed by atoms with Crippen LogP contribution in [0, 0.1) is 0 Å². The van der Waals surface area contributed by atoms with E-state index in [0.29, 0.717) is 6.04 Å². The maximum Gasteiger partial charge on any atom is 0.128 e. The van der Waals surface area contributed by atoms with E-state index in [1.165, 1.54) is 11.1 Å². The summed E-state index contributed by atoms with van der Waals surface area (Å²) >= 11 is 0. The average Bonchev–Trinajstić information content (AvgIpc) is 2.82. The van der Waals surface area contributed by atoms with Gasteiger partial charge in [0.2, 0.25) is 0 Å². The summed E-state index contributed by atoms with van der Waals surface area (Å²) in [6.07, 6.45) is 5.85. The van der Waals surface area contributed by atoms with Crippen LogP contribution >= 0.6 is 0 Å². The van der Waals surface area contributed by atoms with Gasteiger partial charge in [-0.3, -0.25) is 4.68 Å². The van der Waals surface area contributed by atoms with E-state index in [-0.39, 0.29) is 0 Å². The monoisotopic (exact) mass is 273 g/mol. The fourth-order valence-electron chi connectivity index (χ4n) is 1.98. The maximum absolute atomic E-state index is 4.52.